The van der Waals surface area contributed by atoms with Gasteiger partial charge in [-0.1, -0.05) is 6.92 Å². The van der Waals surface area contributed by atoms with E-state index >= 15 is 0 Å². The highest BCUT2D eigenvalue weighted by atomic mass is 127. The molecule has 0 bridgehead atoms. The Balaban J connectivity index is 0.00000176. The summed E-state index contributed by atoms with van der Waals surface area (Å²) in [6.07, 6.45) is 6.96. The molecule has 2 aliphatic rings. The fourth-order valence-corrected chi connectivity index (χ4v) is 2.85. The summed E-state index contributed by atoms with van der Waals surface area (Å²) in [5, 5.41) is 6.49. The van der Waals surface area contributed by atoms with Crippen LogP contribution >= 0.6 is 24.0 Å². The van der Waals surface area contributed by atoms with Crippen LogP contribution in [0.3, 0.4) is 0 Å². The smallest absolute Gasteiger partial charge is 0.213 e. The number of nitrogens with one attached hydrogen (secondary N) is 2. The number of guanidine groups is 1. The molecule has 0 atom stereocenters. The van der Waals surface area contributed by atoms with Gasteiger partial charge in [-0.15, -0.1) is 24.0 Å². The molecule has 1 fully saturated rings. The van der Waals surface area contributed by atoms with E-state index in [4.69, 9.17) is 4.74 Å². The zero-order valence-corrected chi connectivity index (χ0v) is 15.4. The lowest BCUT2D eigenvalue weighted by molar-refractivity contribution is 0.130. The molecule has 1 aliphatic carbocycles. The van der Waals surface area contributed by atoms with Crippen LogP contribution in [0, 0.1) is 5.92 Å². The number of pyridine rings is 1. The molecule has 0 aromatic carbocycles. The molecule has 0 radical (unpaired) electrons. The van der Waals surface area contributed by atoms with Crippen molar-refractivity contribution in [3.8, 4) is 5.88 Å². The van der Waals surface area contributed by atoms with Gasteiger partial charge in [0.1, 0.15) is 6.10 Å². The van der Waals surface area contributed by atoms with Crippen LogP contribution in [-0.4, -0.2) is 30.1 Å². The predicted octanol–water partition coefficient (Wildman–Crippen LogP) is 2.71. The molecule has 3 rings (SSSR count). The summed E-state index contributed by atoms with van der Waals surface area (Å²) in [5.41, 5.74) is 1.17. The molecule has 5 nitrogen and oxygen atoms in total. The highest BCUT2D eigenvalue weighted by molar-refractivity contribution is 14.0. The maximum Gasteiger partial charge on any atom is 0.213 e. The molecule has 0 unspecified atom stereocenters. The summed E-state index contributed by atoms with van der Waals surface area (Å²) in [4.78, 5) is 8.66. The molecular weight excluding hydrogens is 391 g/mol. The third-order valence-electron chi connectivity index (χ3n) is 4.18. The molecule has 22 heavy (non-hydrogen) atoms. The second kappa shape index (κ2) is 8.55. The second-order valence-electron chi connectivity index (χ2n) is 6.01. The Morgan fingerprint density at radius 3 is 2.86 bits per heavy atom. The Kier molecular flexibility index (Phi) is 6.72. The zero-order valence-electron chi connectivity index (χ0n) is 13.0. The van der Waals surface area contributed by atoms with E-state index in [0.717, 1.165) is 50.2 Å². The van der Waals surface area contributed by atoms with Crippen LogP contribution in [0.2, 0.25) is 0 Å². The number of halogens is 1. The van der Waals surface area contributed by atoms with Crippen LogP contribution < -0.4 is 15.4 Å². The third-order valence-corrected chi connectivity index (χ3v) is 4.18. The number of ether oxygens (including phenoxy) is 1. The van der Waals surface area contributed by atoms with Crippen LogP contribution in [-0.2, 0) is 6.54 Å². The van der Waals surface area contributed by atoms with Crippen molar-refractivity contribution in [1.29, 1.82) is 0 Å². The molecule has 1 saturated carbocycles. The van der Waals surface area contributed by atoms with E-state index in [-0.39, 0.29) is 24.0 Å². The summed E-state index contributed by atoms with van der Waals surface area (Å²) in [7, 11) is 0. The number of hydrogen-bond donors (Lipinski definition) is 2. The largest absolute Gasteiger partial charge is 0.474 e. The summed E-state index contributed by atoms with van der Waals surface area (Å²) >= 11 is 0. The lowest BCUT2D eigenvalue weighted by Crippen LogP contribution is -2.33. The summed E-state index contributed by atoms with van der Waals surface area (Å²) in [5.74, 6) is 2.47. The van der Waals surface area contributed by atoms with E-state index in [0.29, 0.717) is 6.10 Å². The van der Waals surface area contributed by atoms with Crippen molar-refractivity contribution in [3.05, 3.63) is 23.9 Å². The van der Waals surface area contributed by atoms with Gasteiger partial charge in [-0.2, -0.15) is 0 Å². The number of rotatable bonds is 4. The maximum absolute atomic E-state index is 6.03. The first-order valence-corrected chi connectivity index (χ1v) is 7.93. The molecule has 1 aromatic rings. The SMILES string of the molecule is CC1CCC(Oc2cc(CNC3=NCCN3)ccn2)CC1.I. The summed E-state index contributed by atoms with van der Waals surface area (Å²) in [6.45, 7) is 4.84. The molecule has 2 heterocycles. The Bertz CT molecular complexity index is 501. The van der Waals surface area contributed by atoms with E-state index in [1.165, 1.54) is 18.4 Å². The molecule has 2 N–H and O–H groups in total. The van der Waals surface area contributed by atoms with E-state index in [2.05, 4.69) is 27.5 Å². The number of aliphatic imine (C=N–C) groups is 1. The number of hydrogen-bond acceptors (Lipinski definition) is 5. The van der Waals surface area contributed by atoms with Crippen LogP contribution in [0.5, 0.6) is 5.88 Å². The van der Waals surface area contributed by atoms with Crippen molar-refractivity contribution in [2.75, 3.05) is 13.1 Å². The minimum absolute atomic E-state index is 0. The van der Waals surface area contributed by atoms with E-state index in [9.17, 15) is 0 Å². The van der Waals surface area contributed by atoms with Gasteiger partial charge in [0.25, 0.3) is 0 Å². The van der Waals surface area contributed by atoms with E-state index in [1.54, 1.807) is 0 Å². The van der Waals surface area contributed by atoms with Crippen LogP contribution in [0.1, 0.15) is 38.2 Å². The van der Waals surface area contributed by atoms with Gasteiger partial charge in [0, 0.05) is 25.4 Å². The van der Waals surface area contributed by atoms with Crippen LogP contribution in [0.4, 0.5) is 0 Å². The molecule has 0 saturated heterocycles. The van der Waals surface area contributed by atoms with Crippen molar-refractivity contribution in [2.24, 2.45) is 10.9 Å². The third kappa shape index (κ3) is 5.00. The van der Waals surface area contributed by atoms with E-state index in [1.807, 2.05) is 18.3 Å². The molecule has 6 heteroatoms. The first-order chi connectivity index (χ1) is 10.3. The minimum atomic E-state index is 0. The van der Waals surface area contributed by atoms with Gasteiger partial charge < -0.3 is 15.4 Å². The standard InChI is InChI=1S/C16H24N4O.HI/c1-12-2-4-14(5-3-12)21-15-10-13(6-7-17-15)11-20-16-18-8-9-19-16;/h6-7,10,12,14H,2-5,8-9,11H2,1H3,(H2,18,19,20);1H. The maximum atomic E-state index is 6.03. The molecular formula is C16H25IN4O. The number of nitrogens with zero attached hydrogens (tertiary/aromatic N) is 2. The lowest BCUT2D eigenvalue weighted by Gasteiger charge is -2.26. The predicted molar refractivity (Wildman–Crippen MR) is 98.8 cm³/mol. The lowest BCUT2D eigenvalue weighted by atomic mass is 9.89. The number of aromatic nitrogens is 1. The molecule has 122 valence electrons. The topological polar surface area (TPSA) is 58.5 Å². The fourth-order valence-electron chi connectivity index (χ4n) is 2.85. The van der Waals surface area contributed by atoms with Gasteiger partial charge in [-0.3, -0.25) is 4.99 Å². The van der Waals surface area contributed by atoms with Crippen molar-refractivity contribution in [1.82, 2.24) is 15.6 Å². The first-order valence-electron chi connectivity index (χ1n) is 7.93. The second-order valence-corrected chi connectivity index (χ2v) is 6.01. The average Bonchev–Trinajstić information content (AvgIpc) is 3.01. The molecule has 1 aliphatic heterocycles. The minimum Gasteiger partial charge on any atom is -0.474 e. The quantitative estimate of drug-likeness (QED) is 0.742. The Morgan fingerprint density at radius 1 is 1.32 bits per heavy atom. The molecule has 1 aromatic heterocycles. The monoisotopic (exact) mass is 416 g/mol. The van der Waals surface area contributed by atoms with Gasteiger partial charge in [-0.25, -0.2) is 4.98 Å². The fraction of sp³-hybridized carbons (Fsp3) is 0.625. The van der Waals surface area contributed by atoms with Gasteiger partial charge in [-0.05, 0) is 43.2 Å². The van der Waals surface area contributed by atoms with Crippen LogP contribution in [0.25, 0.3) is 0 Å². The van der Waals surface area contributed by atoms with E-state index < -0.39 is 0 Å². The molecule has 0 amide bonds. The Hall–Kier alpha value is -1.05. The highest BCUT2D eigenvalue weighted by Gasteiger charge is 2.19. The summed E-state index contributed by atoms with van der Waals surface area (Å²) < 4.78 is 6.03. The van der Waals surface area contributed by atoms with Gasteiger partial charge >= 0.3 is 0 Å². The highest BCUT2D eigenvalue weighted by Crippen LogP contribution is 2.26. The molecule has 0 spiro atoms. The normalized spacial score (nSPS) is 24.0. The Morgan fingerprint density at radius 2 is 2.14 bits per heavy atom. The van der Waals surface area contributed by atoms with Crippen molar-refractivity contribution >= 4 is 29.9 Å². The average molecular weight is 416 g/mol. The van der Waals surface area contributed by atoms with Crippen molar-refractivity contribution in [3.63, 3.8) is 0 Å². The van der Waals surface area contributed by atoms with Gasteiger partial charge in [0.2, 0.25) is 5.88 Å². The van der Waals surface area contributed by atoms with Gasteiger partial charge in [0.15, 0.2) is 5.96 Å². The van der Waals surface area contributed by atoms with Crippen LogP contribution in [0.15, 0.2) is 23.3 Å². The summed E-state index contributed by atoms with van der Waals surface area (Å²) in [6, 6.07) is 4.04. The van der Waals surface area contributed by atoms with Crippen molar-refractivity contribution in [2.45, 2.75) is 45.3 Å². The Labute approximate surface area is 149 Å². The first kappa shape index (κ1) is 17.3. The van der Waals surface area contributed by atoms with Crippen molar-refractivity contribution < 1.29 is 4.74 Å². The zero-order chi connectivity index (χ0) is 14.5. The van der Waals surface area contributed by atoms with Gasteiger partial charge in [0.05, 0.1) is 6.54 Å².